The van der Waals surface area contributed by atoms with E-state index in [1.165, 1.54) is 32.1 Å². The summed E-state index contributed by atoms with van der Waals surface area (Å²) in [5, 5.41) is 3.56. The van der Waals surface area contributed by atoms with Crippen LogP contribution in [0.25, 0.3) is 0 Å². The highest BCUT2D eigenvalue weighted by Crippen LogP contribution is 2.31. The quantitative estimate of drug-likeness (QED) is 0.744. The zero-order valence-electron chi connectivity index (χ0n) is 9.09. The van der Waals surface area contributed by atoms with Crippen LogP contribution in [0.3, 0.4) is 0 Å². The summed E-state index contributed by atoms with van der Waals surface area (Å²) >= 11 is 0. The molecule has 0 aliphatic heterocycles. The zero-order chi connectivity index (χ0) is 9.97. The molecule has 2 rings (SSSR count). The third-order valence-electron chi connectivity index (χ3n) is 3.68. The second-order valence-corrected chi connectivity index (χ2v) is 4.94. The molecule has 1 N–H and O–H groups in total. The fraction of sp³-hybridized carbons (Fsp3) is 0.917. The van der Waals surface area contributed by atoms with E-state index in [-0.39, 0.29) is 0 Å². The first-order valence-electron chi connectivity index (χ1n) is 6.01. The van der Waals surface area contributed by atoms with Crippen molar-refractivity contribution in [2.24, 2.45) is 11.8 Å². The molecule has 0 amide bonds. The van der Waals surface area contributed by atoms with Crippen molar-refractivity contribution >= 4 is 5.78 Å². The normalized spacial score (nSPS) is 32.9. The maximum Gasteiger partial charge on any atom is 0.133 e. The number of carbonyl (C=O) groups is 1. The van der Waals surface area contributed by atoms with E-state index >= 15 is 0 Å². The van der Waals surface area contributed by atoms with Crippen LogP contribution in [-0.4, -0.2) is 18.4 Å². The highest BCUT2D eigenvalue weighted by atomic mass is 16.1. The third kappa shape index (κ3) is 2.57. The van der Waals surface area contributed by atoms with Crippen LogP contribution in [0.1, 0.15) is 45.4 Å². The maximum absolute atomic E-state index is 11.4. The number of ketones is 1. The van der Waals surface area contributed by atoms with Crippen molar-refractivity contribution in [1.29, 1.82) is 0 Å². The third-order valence-corrected chi connectivity index (χ3v) is 3.68. The van der Waals surface area contributed by atoms with E-state index in [1.54, 1.807) is 6.92 Å². The summed E-state index contributed by atoms with van der Waals surface area (Å²) < 4.78 is 0. The largest absolute Gasteiger partial charge is 0.314 e. The molecule has 0 heterocycles. The molecule has 0 saturated heterocycles. The van der Waals surface area contributed by atoms with Crippen LogP contribution in [0.15, 0.2) is 0 Å². The van der Waals surface area contributed by atoms with E-state index in [1.807, 2.05) is 0 Å². The first-order valence-corrected chi connectivity index (χ1v) is 6.01. The van der Waals surface area contributed by atoms with E-state index in [0.717, 1.165) is 19.0 Å². The van der Waals surface area contributed by atoms with Gasteiger partial charge in [0.15, 0.2) is 0 Å². The minimum atomic E-state index is 0.356. The average Bonchev–Trinajstić information content (AvgIpc) is 2.98. The lowest BCUT2D eigenvalue weighted by Crippen LogP contribution is -2.34. The molecule has 0 radical (unpaired) electrons. The van der Waals surface area contributed by atoms with Crippen LogP contribution in [0, 0.1) is 11.8 Å². The number of nitrogens with one attached hydrogen (secondary N) is 1. The summed E-state index contributed by atoms with van der Waals surface area (Å²) in [4.78, 5) is 11.4. The Morgan fingerprint density at radius 1 is 1.21 bits per heavy atom. The highest BCUT2D eigenvalue weighted by molar-refractivity contribution is 5.78. The highest BCUT2D eigenvalue weighted by Gasteiger charge is 2.30. The molecule has 2 aliphatic rings. The Balaban J connectivity index is 1.81. The monoisotopic (exact) mass is 195 g/mol. The summed E-state index contributed by atoms with van der Waals surface area (Å²) in [6, 6.07) is 0.782. The molecule has 80 valence electrons. The van der Waals surface area contributed by atoms with Crippen molar-refractivity contribution in [3.05, 3.63) is 0 Å². The van der Waals surface area contributed by atoms with Gasteiger partial charge in [0.1, 0.15) is 5.78 Å². The molecule has 2 heteroatoms. The summed E-state index contributed by atoms with van der Waals surface area (Å²) in [6.07, 6.45) is 7.65. The summed E-state index contributed by atoms with van der Waals surface area (Å²) in [6.45, 7) is 2.84. The summed E-state index contributed by atoms with van der Waals surface area (Å²) in [7, 11) is 0. The van der Waals surface area contributed by atoms with Crippen LogP contribution in [0.2, 0.25) is 0 Å². The van der Waals surface area contributed by atoms with Gasteiger partial charge in [-0.2, -0.15) is 0 Å². The molecule has 0 aromatic carbocycles. The molecule has 14 heavy (non-hydrogen) atoms. The van der Waals surface area contributed by atoms with Gasteiger partial charge in [0.05, 0.1) is 0 Å². The lowest BCUT2D eigenvalue weighted by atomic mass is 9.77. The fourth-order valence-electron chi connectivity index (χ4n) is 2.59. The Morgan fingerprint density at radius 3 is 2.57 bits per heavy atom. The van der Waals surface area contributed by atoms with Gasteiger partial charge in [-0.15, -0.1) is 0 Å². The Bertz CT molecular complexity index is 210. The van der Waals surface area contributed by atoms with Crippen molar-refractivity contribution in [2.75, 3.05) is 6.54 Å². The van der Waals surface area contributed by atoms with E-state index in [0.29, 0.717) is 17.6 Å². The van der Waals surface area contributed by atoms with Gasteiger partial charge in [-0.3, -0.25) is 4.79 Å². The molecule has 2 saturated carbocycles. The lowest BCUT2D eigenvalue weighted by molar-refractivity contribution is -0.123. The van der Waals surface area contributed by atoms with Crippen molar-refractivity contribution in [1.82, 2.24) is 5.32 Å². The summed E-state index contributed by atoms with van der Waals surface area (Å²) in [5.41, 5.74) is 0. The average molecular weight is 195 g/mol. The standard InChI is InChI=1S/C12H21NO/c1-9(14)12-5-3-2-4-10(12)8-13-11-6-7-11/h10-13H,2-8H2,1H3. The molecule has 2 unspecified atom stereocenters. The predicted octanol–water partition coefficient (Wildman–Crippen LogP) is 2.13. The zero-order valence-corrected chi connectivity index (χ0v) is 9.09. The molecule has 0 bridgehead atoms. The Hall–Kier alpha value is -0.370. The predicted molar refractivity (Wildman–Crippen MR) is 57.2 cm³/mol. The second-order valence-electron chi connectivity index (χ2n) is 4.94. The molecule has 0 spiro atoms. The molecular weight excluding hydrogens is 174 g/mol. The van der Waals surface area contributed by atoms with Crippen LogP contribution in [0.4, 0.5) is 0 Å². The lowest BCUT2D eigenvalue weighted by Gasteiger charge is -2.29. The first-order chi connectivity index (χ1) is 6.77. The second kappa shape index (κ2) is 4.43. The maximum atomic E-state index is 11.4. The molecule has 2 aliphatic carbocycles. The topological polar surface area (TPSA) is 29.1 Å². The summed E-state index contributed by atoms with van der Waals surface area (Å²) in [5.74, 6) is 1.39. The Morgan fingerprint density at radius 2 is 1.93 bits per heavy atom. The molecular formula is C12H21NO. The molecule has 2 fully saturated rings. The van der Waals surface area contributed by atoms with Gasteiger partial charge in [0, 0.05) is 12.0 Å². The fourth-order valence-corrected chi connectivity index (χ4v) is 2.59. The van der Waals surface area contributed by atoms with Gasteiger partial charge in [0.25, 0.3) is 0 Å². The number of Topliss-reactive ketones (excluding diaryl/α,β-unsaturated/α-hetero) is 1. The van der Waals surface area contributed by atoms with E-state index in [4.69, 9.17) is 0 Å². The Labute approximate surface area is 86.5 Å². The van der Waals surface area contributed by atoms with Gasteiger partial charge in [-0.1, -0.05) is 12.8 Å². The van der Waals surface area contributed by atoms with Gasteiger partial charge >= 0.3 is 0 Å². The van der Waals surface area contributed by atoms with E-state index in [9.17, 15) is 4.79 Å². The van der Waals surface area contributed by atoms with Gasteiger partial charge < -0.3 is 5.32 Å². The number of rotatable bonds is 4. The Kier molecular flexibility index (Phi) is 3.22. The van der Waals surface area contributed by atoms with E-state index < -0.39 is 0 Å². The van der Waals surface area contributed by atoms with Crippen LogP contribution in [0.5, 0.6) is 0 Å². The molecule has 2 atom stereocenters. The molecule has 0 aromatic rings. The van der Waals surface area contributed by atoms with Gasteiger partial charge in [-0.05, 0) is 45.1 Å². The minimum absolute atomic E-state index is 0.356. The van der Waals surface area contributed by atoms with Crippen molar-refractivity contribution in [3.8, 4) is 0 Å². The molecule has 0 aromatic heterocycles. The van der Waals surface area contributed by atoms with Crippen molar-refractivity contribution < 1.29 is 4.79 Å². The number of hydrogen-bond acceptors (Lipinski definition) is 2. The minimum Gasteiger partial charge on any atom is -0.314 e. The van der Waals surface area contributed by atoms with Crippen molar-refractivity contribution in [2.45, 2.75) is 51.5 Å². The number of carbonyl (C=O) groups excluding carboxylic acids is 1. The van der Waals surface area contributed by atoms with Crippen LogP contribution >= 0.6 is 0 Å². The SMILES string of the molecule is CC(=O)C1CCCCC1CNC1CC1. The van der Waals surface area contributed by atoms with Crippen LogP contribution in [-0.2, 0) is 4.79 Å². The smallest absolute Gasteiger partial charge is 0.133 e. The van der Waals surface area contributed by atoms with Crippen LogP contribution < -0.4 is 5.32 Å². The first kappa shape index (κ1) is 10.2. The van der Waals surface area contributed by atoms with Crippen molar-refractivity contribution in [3.63, 3.8) is 0 Å². The van der Waals surface area contributed by atoms with E-state index in [2.05, 4.69) is 5.32 Å². The number of hydrogen-bond donors (Lipinski definition) is 1. The molecule has 2 nitrogen and oxygen atoms in total. The van der Waals surface area contributed by atoms with Gasteiger partial charge in [0.2, 0.25) is 0 Å². The van der Waals surface area contributed by atoms with Gasteiger partial charge in [-0.25, -0.2) is 0 Å².